The minimum atomic E-state index is -4.05. The van der Waals surface area contributed by atoms with Gasteiger partial charge in [-0.2, -0.15) is 0 Å². The molecular weight excluding hydrogens is 368 g/mol. The quantitative estimate of drug-likeness (QED) is 0.469. The van der Waals surface area contributed by atoms with Crippen molar-refractivity contribution in [1.82, 2.24) is 4.90 Å². The molecule has 1 fully saturated rings. The number of sulfonamides is 1. The lowest BCUT2D eigenvalue weighted by Gasteiger charge is -2.33. The van der Waals surface area contributed by atoms with Crippen molar-refractivity contribution in [2.75, 3.05) is 45.3 Å². The first-order valence-electron chi connectivity index (χ1n) is 7.66. The van der Waals surface area contributed by atoms with E-state index in [1.165, 1.54) is 19.2 Å². The second kappa shape index (κ2) is 8.40. The standard InChI is InChI=1S/C14H20N4O7S/c1-24-9-14(19)17-4-5-25-10(8-17)7-16-12-3-2-11(26(15,22)23)6-13(12)18(20)21/h2-3,6,10,16H,4-5,7-9H2,1H3,(H2,15,22,23)/t10-/m0/s1. The number of nitrogens with one attached hydrogen (secondary N) is 1. The Balaban J connectivity index is 2.07. The van der Waals surface area contributed by atoms with Gasteiger partial charge in [0.2, 0.25) is 15.9 Å². The average Bonchev–Trinajstić information content (AvgIpc) is 2.59. The molecule has 0 aliphatic carbocycles. The summed E-state index contributed by atoms with van der Waals surface area (Å²) in [6.07, 6.45) is -0.373. The summed E-state index contributed by atoms with van der Waals surface area (Å²) in [5.41, 5.74) is -0.286. The summed E-state index contributed by atoms with van der Waals surface area (Å²) >= 11 is 0. The van der Waals surface area contributed by atoms with Crippen LogP contribution in [-0.4, -0.2) is 70.2 Å². The molecule has 0 saturated carbocycles. The maximum absolute atomic E-state index is 11.9. The third kappa shape index (κ3) is 5.11. The van der Waals surface area contributed by atoms with Crippen molar-refractivity contribution in [2.45, 2.75) is 11.0 Å². The highest BCUT2D eigenvalue weighted by atomic mass is 32.2. The van der Waals surface area contributed by atoms with Gasteiger partial charge in [-0.25, -0.2) is 13.6 Å². The van der Waals surface area contributed by atoms with Crippen molar-refractivity contribution in [3.8, 4) is 0 Å². The van der Waals surface area contributed by atoms with Gasteiger partial charge in [0.05, 0.1) is 22.5 Å². The number of carbonyl (C=O) groups is 1. The molecule has 0 aromatic heterocycles. The number of morpholine rings is 1. The number of methoxy groups -OCH3 is 1. The fraction of sp³-hybridized carbons (Fsp3) is 0.500. The van der Waals surface area contributed by atoms with Crippen LogP contribution < -0.4 is 10.5 Å². The molecule has 1 aliphatic heterocycles. The first kappa shape index (κ1) is 20.0. The van der Waals surface area contributed by atoms with E-state index in [-0.39, 0.29) is 35.7 Å². The maximum atomic E-state index is 11.9. The van der Waals surface area contributed by atoms with Crippen LogP contribution in [0.15, 0.2) is 23.1 Å². The summed E-state index contributed by atoms with van der Waals surface area (Å²) in [6.45, 7) is 1.28. The van der Waals surface area contributed by atoms with E-state index in [2.05, 4.69) is 5.32 Å². The van der Waals surface area contributed by atoms with Crippen molar-refractivity contribution in [3.63, 3.8) is 0 Å². The molecule has 1 amide bonds. The van der Waals surface area contributed by atoms with Crippen LogP contribution in [0, 0.1) is 10.1 Å². The van der Waals surface area contributed by atoms with Gasteiger partial charge in [-0.15, -0.1) is 0 Å². The van der Waals surface area contributed by atoms with Gasteiger partial charge in [0.15, 0.2) is 0 Å². The van der Waals surface area contributed by atoms with Gasteiger partial charge < -0.3 is 19.7 Å². The van der Waals surface area contributed by atoms with Crippen LogP contribution in [0.3, 0.4) is 0 Å². The molecule has 2 rings (SSSR count). The number of hydrogen-bond donors (Lipinski definition) is 2. The second-order valence-corrected chi connectivity index (χ2v) is 7.19. The Morgan fingerprint density at radius 3 is 2.88 bits per heavy atom. The monoisotopic (exact) mass is 388 g/mol. The number of rotatable bonds is 7. The van der Waals surface area contributed by atoms with E-state index >= 15 is 0 Å². The minimum absolute atomic E-state index is 0.0271. The van der Waals surface area contributed by atoms with Crippen LogP contribution in [0.25, 0.3) is 0 Å². The van der Waals surface area contributed by atoms with E-state index < -0.39 is 20.6 Å². The summed E-state index contributed by atoms with van der Waals surface area (Å²) in [6, 6.07) is 3.35. The zero-order chi connectivity index (χ0) is 19.3. The van der Waals surface area contributed by atoms with E-state index in [0.717, 1.165) is 6.07 Å². The van der Waals surface area contributed by atoms with Crippen molar-refractivity contribution in [2.24, 2.45) is 5.14 Å². The Bertz CT molecular complexity index is 784. The molecular formula is C14H20N4O7S. The zero-order valence-corrected chi connectivity index (χ0v) is 14.9. The largest absolute Gasteiger partial charge is 0.377 e. The lowest BCUT2D eigenvalue weighted by atomic mass is 10.2. The fourth-order valence-corrected chi connectivity index (χ4v) is 3.03. The number of carbonyl (C=O) groups excluding carboxylic acids is 1. The predicted octanol–water partition coefficient (Wildman–Crippen LogP) is -0.472. The van der Waals surface area contributed by atoms with Gasteiger partial charge in [-0.3, -0.25) is 14.9 Å². The second-order valence-electron chi connectivity index (χ2n) is 5.63. The first-order valence-corrected chi connectivity index (χ1v) is 9.20. The number of primary sulfonamides is 1. The number of ether oxygens (including phenoxy) is 2. The van der Waals surface area contributed by atoms with E-state index in [9.17, 15) is 23.3 Å². The van der Waals surface area contributed by atoms with Crippen molar-refractivity contribution in [1.29, 1.82) is 0 Å². The fourth-order valence-electron chi connectivity index (χ4n) is 2.50. The third-order valence-electron chi connectivity index (χ3n) is 3.77. The number of nitro benzene ring substituents is 1. The summed E-state index contributed by atoms with van der Waals surface area (Å²) in [4.78, 5) is 23.6. The van der Waals surface area contributed by atoms with E-state index in [1.54, 1.807) is 4.90 Å². The van der Waals surface area contributed by atoms with Gasteiger partial charge in [0, 0.05) is 32.8 Å². The van der Waals surface area contributed by atoms with Gasteiger partial charge in [-0.05, 0) is 12.1 Å². The number of nitrogens with two attached hydrogens (primary N) is 1. The Labute approximate surface area is 150 Å². The van der Waals surface area contributed by atoms with Crippen LogP contribution in [0.1, 0.15) is 0 Å². The highest BCUT2D eigenvalue weighted by Gasteiger charge is 2.25. The zero-order valence-electron chi connectivity index (χ0n) is 14.1. The topological polar surface area (TPSA) is 154 Å². The average molecular weight is 388 g/mol. The summed E-state index contributed by atoms with van der Waals surface area (Å²) < 4.78 is 33.1. The van der Waals surface area contributed by atoms with Gasteiger partial charge in [0.25, 0.3) is 5.69 Å². The highest BCUT2D eigenvalue weighted by molar-refractivity contribution is 7.89. The Morgan fingerprint density at radius 1 is 1.54 bits per heavy atom. The molecule has 1 aromatic rings. The smallest absolute Gasteiger partial charge is 0.293 e. The van der Waals surface area contributed by atoms with Crippen molar-refractivity contribution in [3.05, 3.63) is 28.3 Å². The molecule has 1 aliphatic rings. The summed E-state index contributed by atoms with van der Waals surface area (Å²) in [7, 11) is -2.61. The van der Waals surface area contributed by atoms with Crippen LogP contribution >= 0.6 is 0 Å². The molecule has 0 bridgehead atoms. The summed E-state index contributed by atoms with van der Waals surface area (Å²) in [5, 5.41) is 19.1. The minimum Gasteiger partial charge on any atom is -0.377 e. The Hall–Kier alpha value is -2.28. The Morgan fingerprint density at radius 2 is 2.27 bits per heavy atom. The van der Waals surface area contributed by atoms with Gasteiger partial charge >= 0.3 is 0 Å². The molecule has 0 radical (unpaired) electrons. The molecule has 26 heavy (non-hydrogen) atoms. The molecule has 1 aromatic carbocycles. The molecule has 0 spiro atoms. The predicted molar refractivity (Wildman–Crippen MR) is 91.2 cm³/mol. The lowest BCUT2D eigenvalue weighted by Crippen LogP contribution is -2.48. The molecule has 1 saturated heterocycles. The lowest BCUT2D eigenvalue weighted by molar-refractivity contribution is -0.384. The molecule has 11 nitrogen and oxygen atoms in total. The number of benzene rings is 1. The maximum Gasteiger partial charge on any atom is 0.293 e. The van der Waals surface area contributed by atoms with E-state index in [0.29, 0.717) is 19.7 Å². The number of anilines is 1. The molecule has 1 heterocycles. The molecule has 0 unspecified atom stereocenters. The van der Waals surface area contributed by atoms with Gasteiger partial charge in [-0.1, -0.05) is 0 Å². The van der Waals surface area contributed by atoms with Crippen molar-refractivity contribution < 1.29 is 27.6 Å². The summed E-state index contributed by atoms with van der Waals surface area (Å²) in [5.74, 6) is -0.163. The van der Waals surface area contributed by atoms with E-state index in [1.807, 2.05) is 0 Å². The number of hydrogen-bond acceptors (Lipinski definition) is 8. The van der Waals surface area contributed by atoms with Crippen LogP contribution in [0.5, 0.6) is 0 Å². The van der Waals surface area contributed by atoms with Crippen LogP contribution in [0.2, 0.25) is 0 Å². The normalized spacial score (nSPS) is 17.8. The number of nitro groups is 1. The van der Waals surface area contributed by atoms with Gasteiger partial charge in [0.1, 0.15) is 12.3 Å². The third-order valence-corrected chi connectivity index (χ3v) is 4.68. The molecule has 144 valence electrons. The SMILES string of the molecule is COCC(=O)N1CCO[C@@H](CNc2ccc(S(N)(=O)=O)cc2[N+](=O)[O-])C1. The Kier molecular flexibility index (Phi) is 6.47. The molecule has 1 atom stereocenters. The number of amides is 1. The molecule has 3 N–H and O–H groups in total. The van der Waals surface area contributed by atoms with Crippen molar-refractivity contribution >= 4 is 27.3 Å². The van der Waals surface area contributed by atoms with Crippen LogP contribution in [0.4, 0.5) is 11.4 Å². The van der Waals surface area contributed by atoms with Crippen LogP contribution in [-0.2, 0) is 24.3 Å². The highest BCUT2D eigenvalue weighted by Crippen LogP contribution is 2.27. The number of nitrogens with zero attached hydrogens (tertiary/aromatic N) is 2. The van der Waals surface area contributed by atoms with E-state index in [4.69, 9.17) is 14.6 Å². The first-order chi connectivity index (χ1) is 12.2. The molecule has 12 heteroatoms.